The Kier molecular flexibility index (Phi) is 4.93. The molecule has 5 nitrogen and oxygen atoms in total. The maximum absolute atomic E-state index is 10.0. The Morgan fingerprint density at radius 2 is 2.27 bits per heavy atom. The first kappa shape index (κ1) is 9.77. The summed E-state index contributed by atoms with van der Waals surface area (Å²) in [6.45, 7) is 0.311. The van der Waals surface area contributed by atoms with Crippen molar-refractivity contribution in [1.29, 1.82) is 0 Å². The van der Waals surface area contributed by atoms with Gasteiger partial charge in [-0.2, -0.15) is 0 Å². The number of rotatable bonds is 5. The van der Waals surface area contributed by atoms with Gasteiger partial charge in [-0.15, -0.1) is 0 Å². The number of aliphatic carboxylic acids is 1. The Morgan fingerprint density at radius 1 is 1.64 bits per heavy atom. The molecule has 5 N–H and O–H groups in total. The molecule has 0 aromatic rings. The first-order chi connectivity index (χ1) is 5.16. The molecule has 0 bridgehead atoms. The molecule has 0 aliphatic carbocycles. The first-order valence-electron chi connectivity index (χ1n) is 3.21. The van der Waals surface area contributed by atoms with E-state index in [-0.39, 0.29) is 6.54 Å². The van der Waals surface area contributed by atoms with Crippen LogP contribution in [-0.2, 0) is 4.79 Å². The van der Waals surface area contributed by atoms with Gasteiger partial charge in [-0.05, 0) is 0 Å². The molecule has 0 fully saturated rings. The lowest BCUT2D eigenvalue weighted by Gasteiger charge is -2.01. The van der Waals surface area contributed by atoms with E-state index in [4.69, 9.17) is 10.8 Å². The molecule has 5 heteroatoms. The molecule has 0 aliphatic rings. The molecule has 64 valence electrons. The van der Waals surface area contributed by atoms with Gasteiger partial charge >= 0.3 is 5.97 Å². The molecule has 0 rings (SSSR count). The van der Waals surface area contributed by atoms with Gasteiger partial charge < -0.3 is 21.5 Å². The summed E-state index contributed by atoms with van der Waals surface area (Å²) in [5.41, 5.74) is 5.99. The lowest BCUT2D eigenvalue weighted by Crippen LogP contribution is -2.27. The fourth-order valence-corrected chi connectivity index (χ4v) is 0.550. The van der Waals surface area contributed by atoms with Crippen LogP contribution < -0.4 is 16.4 Å². The van der Waals surface area contributed by atoms with Crippen molar-refractivity contribution < 1.29 is 9.90 Å². The molecule has 0 aromatic carbocycles. The van der Waals surface area contributed by atoms with Gasteiger partial charge in [0.1, 0.15) is 0 Å². The van der Waals surface area contributed by atoms with E-state index in [1.807, 2.05) is 0 Å². The van der Waals surface area contributed by atoms with Gasteiger partial charge in [0.15, 0.2) is 0 Å². The quantitative estimate of drug-likeness (QED) is 0.399. The van der Waals surface area contributed by atoms with Crippen molar-refractivity contribution in [3.8, 4) is 0 Å². The van der Waals surface area contributed by atoms with Crippen molar-refractivity contribution in [2.75, 3.05) is 20.1 Å². The van der Waals surface area contributed by atoms with Gasteiger partial charge in [-0.1, -0.05) is 0 Å². The standard InChI is InChI=1S/C6H13N3O2/c1-8-2-5(7)3-9-4-6(10)11/h2,8-9H,3-4,7H2,1H3,(H,10,11)/b5-2-. The van der Waals surface area contributed by atoms with Crippen LogP contribution in [0.15, 0.2) is 11.9 Å². The zero-order valence-electron chi connectivity index (χ0n) is 6.42. The van der Waals surface area contributed by atoms with E-state index in [2.05, 4.69) is 10.6 Å². The molecule has 0 atom stereocenters. The van der Waals surface area contributed by atoms with Crippen molar-refractivity contribution >= 4 is 5.97 Å². The number of nitrogens with two attached hydrogens (primary N) is 1. The highest BCUT2D eigenvalue weighted by Crippen LogP contribution is 1.75. The van der Waals surface area contributed by atoms with E-state index in [9.17, 15) is 4.79 Å². The Morgan fingerprint density at radius 3 is 2.73 bits per heavy atom. The highest BCUT2D eigenvalue weighted by molar-refractivity contribution is 5.69. The topological polar surface area (TPSA) is 87.4 Å². The van der Waals surface area contributed by atoms with Crippen molar-refractivity contribution in [3.05, 3.63) is 11.9 Å². The van der Waals surface area contributed by atoms with Crippen LogP contribution in [0.3, 0.4) is 0 Å². The summed E-state index contributed by atoms with van der Waals surface area (Å²) in [4.78, 5) is 10.0. The zero-order valence-corrected chi connectivity index (χ0v) is 6.42. The second-order valence-corrected chi connectivity index (χ2v) is 2.01. The SMILES string of the molecule is CN/C=C(\N)CNCC(=O)O. The van der Waals surface area contributed by atoms with Gasteiger partial charge in [0.2, 0.25) is 0 Å². The van der Waals surface area contributed by atoms with Gasteiger partial charge in [0.05, 0.1) is 6.54 Å². The zero-order chi connectivity index (χ0) is 8.69. The lowest BCUT2D eigenvalue weighted by molar-refractivity contribution is -0.135. The third-order valence-corrected chi connectivity index (χ3v) is 0.935. The van der Waals surface area contributed by atoms with Crippen LogP contribution in [0.2, 0.25) is 0 Å². The lowest BCUT2D eigenvalue weighted by atomic mass is 10.4. The average Bonchev–Trinajstić information content (AvgIpc) is 1.87. The van der Waals surface area contributed by atoms with Crippen molar-refractivity contribution in [2.45, 2.75) is 0 Å². The number of carbonyl (C=O) groups is 1. The van der Waals surface area contributed by atoms with Gasteiger partial charge in [-0.25, -0.2) is 0 Å². The molecule has 0 radical (unpaired) electrons. The second kappa shape index (κ2) is 5.55. The van der Waals surface area contributed by atoms with Crippen molar-refractivity contribution in [1.82, 2.24) is 10.6 Å². The molecule has 0 aliphatic heterocycles. The Labute approximate surface area is 65.3 Å². The van der Waals surface area contributed by atoms with E-state index < -0.39 is 5.97 Å². The van der Waals surface area contributed by atoms with Gasteiger partial charge in [0, 0.05) is 25.5 Å². The Balaban J connectivity index is 3.38. The summed E-state index contributed by atoms with van der Waals surface area (Å²) in [6, 6.07) is 0. The summed E-state index contributed by atoms with van der Waals surface area (Å²) in [5.74, 6) is -0.887. The van der Waals surface area contributed by atoms with Crippen molar-refractivity contribution in [2.24, 2.45) is 5.73 Å². The molecule has 0 saturated carbocycles. The fraction of sp³-hybridized carbons (Fsp3) is 0.500. The number of carboxylic acid groups (broad SMARTS) is 1. The highest BCUT2D eigenvalue weighted by atomic mass is 16.4. The molecular weight excluding hydrogens is 146 g/mol. The summed E-state index contributed by atoms with van der Waals surface area (Å²) in [7, 11) is 1.73. The summed E-state index contributed by atoms with van der Waals surface area (Å²) < 4.78 is 0. The Hall–Kier alpha value is -1.23. The van der Waals surface area contributed by atoms with Gasteiger partial charge in [0.25, 0.3) is 0 Å². The maximum atomic E-state index is 10.0. The molecule has 0 spiro atoms. The van der Waals surface area contributed by atoms with E-state index >= 15 is 0 Å². The normalized spacial score (nSPS) is 11.2. The predicted octanol–water partition coefficient (Wildman–Crippen LogP) is -1.32. The fourth-order valence-electron chi connectivity index (χ4n) is 0.550. The van der Waals surface area contributed by atoms with Crippen LogP contribution >= 0.6 is 0 Å². The minimum absolute atomic E-state index is 0.0712. The molecule has 11 heavy (non-hydrogen) atoms. The molecule has 0 saturated heterocycles. The minimum Gasteiger partial charge on any atom is -0.480 e. The summed E-state index contributed by atoms with van der Waals surface area (Å²) in [6.07, 6.45) is 1.61. The third kappa shape index (κ3) is 6.66. The predicted molar refractivity (Wildman–Crippen MR) is 41.8 cm³/mol. The maximum Gasteiger partial charge on any atom is 0.317 e. The molecule has 0 aromatic heterocycles. The van der Waals surface area contributed by atoms with Crippen LogP contribution in [0.25, 0.3) is 0 Å². The number of carboxylic acids is 1. The van der Waals surface area contributed by atoms with Crippen LogP contribution in [0.4, 0.5) is 0 Å². The van der Waals surface area contributed by atoms with E-state index in [1.165, 1.54) is 0 Å². The van der Waals surface area contributed by atoms with Crippen LogP contribution in [0, 0.1) is 0 Å². The van der Waals surface area contributed by atoms with Crippen LogP contribution in [0.1, 0.15) is 0 Å². The van der Waals surface area contributed by atoms with E-state index in [0.29, 0.717) is 12.2 Å². The average molecular weight is 159 g/mol. The van der Waals surface area contributed by atoms with E-state index in [1.54, 1.807) is 13.2 Å². The third-order valence-electron chi connectivity index (χ3n) is 0.935. The number of nitrogens with one attached hydrogen (secondary N) is 2. The largest absolute Gasteiger partial charge is 0.480 e. The van der Waals surface area contributed by atoms with Gasteiger partial charge in [-0.3, -0.25) is 4.79 Å². The van der Waals surface area contributed by atoms with Crippen molar-refractivity contribution in [3.63, 3.8) is 0 Å². The summed E-state index contributed by atoms with van der Waals surface area (Å²) >= 11 is 0. The molecule has 0 unspecified atom stereocenters. The van der Waals surface area contributed by atoms with E-state index in [0.717, 1.165) is 0 Å². The summed E-state index contributed by atoms with van der Waals surface area (Å²) in [5, 5.41) is 13.6. The highest BCUT2D eigenvalue weighted by Gasteiger charge is 1.94. The molecule has 0 heterocycles. The molecular formula is C6H13N3O2. The first-order valence-corrected chi connectivity index (χ1v) is 3.21. The Bertz CT molecular complexity index is 156. The second-order valence-electron chi connectivity index (χ2n) is 2.01. The monoisotopic (exact) mass is 159 g/mol. The number of hydrogen-bond acceptors (Lipinski definition) is 4. The molecule has 0 amide bonds. The minimum atomic E-state index is -0.887. The number of hydrogen-bond donors (Lipinski definition) is 4. The van der Waals surface area contributed by atoms with Crippen LogP contribution in [-0.4, -0.2) is 31.2 Å². The smallest absolute Gasteiger partial charge is 0.317 e. The van der Waals surface area contributed by atoms with Crippen LogP contribution in [0.5, 0.6) is 0 Å².